The van der Waals surface area contributed by atoms with Crippen molar-refractivity contribution in [2.45, 2.75) is 25.8 Å². The number of halogens is 3. The van der Waals surface area contributed by atoms with Crippen LogP contribution < -0.4 is 0 Å². The minimum Gasteiger partial charge on any atom is -0.294 e. The minimum absolute atomic E-state index is 0.117. The van der Waals surface area contributed by atoms with Crippen LogP contribution in [0.25, 0.3) is 0 Å². The summed E-state index contributed by atoms with van der Waals surface area (Å²) in [6.45, 7) is 3.19. The maximum atomic E-state index is 12.6. The fraction of sp³-hybridized carbons (Fsp3) is 0.222. The molecule has 2 rings (SSSR count). The lowest BCUT2D eigenvalue weighted by Crippen LogP contribution is -2.48. The molecule has 0 spiro atoms. The van der Waals surface area contributed by atoms with E-state index in [9.17, 15) is 19.7 Å². The number of rotatable bonds is 7. The first-order valence-corrected chi connectivity index (χ1v) is 9.09. The second-order valence-corrected chi connectivity index (χ2v) is 7.54. The van der Waals surface area contributed by atoms with E-state index < -0.39 is 22.1 Å². The number of hydrogen-bond acceptors (Lipinski definition) is 5. The Labute approximate surface area is 176 Å². The quantitative estimate of drug-likeness (QED) is 0.251. The lowest BCUT2D eigenvalue weighted by molar-refractivity contribution is -0.385. The molecular weight excluding hydrogens is 429 g/mol. The van der Waals surface area contributed by atoms with Gasteiger partial charge in [0.1, 0.15) is 5.56 Å². The average Bonchev–Trinajstić information content (AvgIpc) is 2.66. The highest BCUT2D eigenvalue weighted by molar-refractivity contribution is 6.34. The van der Waals surface area contributed by atoms with Crippen LogP contribution in [0.15, 0.2) is 48.5 Å². The number of carbonyl (C=O) groups excluding carboxylic acids is 2. The lowest BCUT2D eigenvalue weighted by Gasteiger charge is -2.35. The van der Waals surface area contributed by atoms with E-state index in [0.717, 1.165) is 4.53 Å². The number of hydrazine groups is 1. The average molecular weight is 445 g/mol. The Balaban J connectivity index is 2.22. The molecule has 0 fully saturated rings. The third-order valence-electron chi connectivity index (χ3n) is 3.92. The summed E-state index contributed by atoms with van der Waals surface area (Å²) < 4.78 is 1.35. The van der Waals surface area contributed by atoms with Gasteiger partial charge in [0.15, 0.2) is 5.78 Å². The predicted molar refractivity (Wildman–Crippen MR) is 107 cm³/mol. The van der Waals surface area contributed by atoms with Gasteiger partial charge in [-0.15, -0.1) is 4.53 Å². The summed E-state index contributed by atoms with van der Waals surface area (Å²) in [5, 5.41) is 11.4. The van der Waals surface area contributed by atoms with E-state index in [1.807, 2.05) is 0 Å². The lowest BCUT2D eigenvalue weighted by atomic mass is 9.95. The Morgan fingerprint density at radius 1 is 1.04 bits per heavy atom. The number of nitrogens with zero attached hydrogens (tertiary/aromatic N) is 3. The molecule has 28 heavy (non-hydrogen) atoms. The number of nitro benzene ring substituents is 1. The van der Waals surface area contributed by atoms with Crippen LogP contribution in [0.5, 0.6) is 0 Å². The highest BCUT2D eigenvalue weighted by Crippen LogP contribution is 2.30. The van der Waals surface area contributed by atoms with Crippen LogP contribution in [-0.2, 0) is 0 Å². The van der Waals surface area contributed by atoms with Crippen LogP contribution in [0, 0.1) is 10.1 Å². The van der Waals surface area contributed by atoms with Gasteiger partial charge in [0.05, 0.1) is 15.5 Å². The third-order valence-corrected chi connectivity index (χ3v) is 5.24. The standard InChI is InChI=1S/C18H16Cl3N3O4/c1-18(2,11-16(25)12-7-3-5-9-14(12)19)24(21)22(20)17(26)13-8-4-6-10-15(13)23(27)28/h3-10H,11H2,1-2H3. The van der Waals surface area contributed by atoms with E-state index in [4.69, 9.17) is 35.2 Å². The fourth-order valence-electron chi connectivity index (χ4n) is 2.47. The highest BCUT2D eigenvalue weighted by atomic mass is 35.5. The Morgan fingerprint density at radius 3 is 2.14 bits per heavy atom. The predicted octanol–water partition coefficient (Wildman–Crippen LogP) is 5.27. The van der Waals surface area contributed by atoms with Gasteiger partial charge >= 0.3 is 0 Å². The van der Waals surface area contributed by atoms with Crippen LogP contribution in [0.1, 0.15) is 41.0 Å². The van der Waals surface area contributed by atoms with Gasteiger partial charge in [-0.2, -0.15) is 4.53 Å². The number of nitro groups is 1. The fourth-order valence-corrected chi connectivity index (χ4v) is 3.14. The second-order valence-electron chi connectivity index (χ2n) is 6.49. The maximum absolute atomic E-state index is 12.6. The van der Waals surface area contributed by atoms with Gasteiger partial charge in [0.25, 0.3) is 11.6 Å². The van der Waals surface area contributed by atoms with Crippen molar-refractivity contribution >= 4 is 52.5 Å². The monoisotopic (exact) mass is 443 g/mol. The first-order valence-electron chi connectivity index (χ1n) is 8.03. The summed E-state index contributed by atoms with van der Waals surface area (Å²) in [4.78, 5) is 35.7. The summed E-state index contributed by atoms with van der Waals surface area (Å²) in [6, 6.07) is 11.9. The Bertz CT molecular complexity index is 920. The number of amides is 1. The second kappa shape index (κ2) is 8.87. The molecular formula is C18H16Cl3N3O4. The van der Waals surface area contributed by atoms with Crippen LogP contribution in [-0.4, -0.2) is 31.2 Å². The first kappa shape index (κ1) is 22.1. The van der Waals surface area contributed by atoms with Gasteiger partial charge < -0.3 is 0 Å². The van der Waals surface area contributed by atoms with Gasteiger partial charge in [0.2, 0.25) is 0 Å². The van der Waals surface area contributed by atoms with Crippen molar-refractivity contribution in [3.05, 3.63) is 74.8 Å². The van der Waals surface area contributed by atoms with Crippen molar-refractivity contribution in [2.24, 2.45) is 0 Å². The number of benzene rings is 2. The van der Waals surface area contributed by atoms with Crippen LogP contribution in [0.4, 0.5) is 5.69 Å². The molecule has 0 saturated heterocycles. The molecule has 0 aliphatic rings. The smallest absolute Gasteiger partial charge is 0.291 e. The summed E-state index contributed by atoms with van der Waals surface area (Å²) in [5.74, 6) is -1.20. The number of hydrogen-bond donors (Lipinski definition) is 0. The Kier molecular flexibility index (Phi) is 7.01. The van der Waals surface area contributed by atoms with E-state index >= 15 is 0 Å². The van der Waals surface area contributed by atoms with Crippen LogP contribution in [0.2, 0.25) is 5.02 Å². The van der Waals surface area contributed by atoms with Crippen LogP contribution >= 0.6 is 35.2 Å². The summed E-state index contributed by atoms with van der Waals surface area (Å²) in [7, 11) is 0. The molecule has 1 amide bonds. The van der Waals surface area contributed by atoms with E-state index in [1.165, 1.54) is 24.3 Å². The molecule has 2 aromatic carbocycles. The largest absolute Gasteiger partial charge is 0.294 e. The van der Waals surface area contributed by atoms with Crippen molar-refractivity contribution < 1.29 is 14.5 Å². The van der Waals surface area contributed by atoms with Crippen molar-refractivity contribution in [3.63, 3.8) is 0 Å². The molecule has 0 bridgehead atoms. The number of Topliss-reactive ketones (excluding diaryl/α,β-unsaturated/α-hetero) is 1. The molecule has 10 heteroatoms. The zero-order valence-electron chi connectivity index (χ0n) is 14.9. The normalized spacial score (nSPS) is 11.4. The molecule has 0 aromatic heterocycles. The van der Waals surface area contributed by atoms with Gasteiger partial charge in [-0.1, -0.05) is 35.9 Å². The Morgan fingerprint density at radius 2 is 1.57 bits per heavy atom. The molecule has 0 heterocycles. The maximum Gasteiger partial charge on any atom is 0.291 e. The molecule has 7 nitrogen and oxygen atoms in total. The molecule has 0 aliphatic carbocycles. The zero-order valence-corrected chi connectivity index (χ0v) is 17.2. The molecule has 0 N–H and O–H groups in total. The Hall–Kier alpha value is -2.19. The minimum atomic E-state index is -1.11. The van der Waals surface area contributed by atoms with Crippen molar-refractivity contribution in [1.82, 2.24) is 9.06 Å². The first-order chi connectivity index (χ1) is 13.1. The van der Waals surface area contributed by atoms with Gasteiger partial charge in [-0.3, -0.25) is 19.7 Å². The molecule has 0 radical (unpaired) electrons. The van der Waals surface area contributed by atoms with Gasteiger partial charge in [-0.25, -0.2) is 0 Å². The molecule has 0 unspecified atom stereocenters. The van der Waals surface area contributed by atoms with Crippen molar-refractivity contribution in [2.75, 3.05) is 0 Å². The molecule has 2 aromatic rings. The molecule has 0 atom stereocenters. The highest BCUT2D eigenvalue weighted by Gasteiger charge is 2.37. The molecule has 148 valence electrons. The molecule has 0 aliphatic heterocycles. The van der Waals surface area contributed by atoms with E-state index in [2.05, 4.69) is 0 Å². The third kappa shape index (κ3) is 4.80. The zero-order chi connectivity index (χ0) is 21.1. The van der Waals surface area contributed by atoms with E-state index in [1.54, 1.807) is 38.1 Å². The van der Waals surface area contributed by atoms with Gasteiger partial charge in [0, 0.05) is 41.6 Å². The SMILES string of the molecule is CC(C)(CC(=O)c1ccccc1Cl)N(Cl)N(Cl)C(=O)c1ccccc1[N+](=O)[O-]. The van der Waals surface area contributed by atoms with Gasteiger partial charge in [-0.05, 0) is 32.0 Å². The number of carbonyl (C=O) groups is 2. The van der Waals surface area contributed by atoms with Crippen molar-refractivity contribution in [3.8, 4) is 0 Å². The van der Waals surface area contributed by atoms with E-state index in [0.29, 0.717) is 15.1 Å². The van der Waals surface area contributed by atoms with Crippen LogP contribution in [0.3, 0.4) is 0 Å². The molecule has 0 saturated carbocycles. The topological polar surface area (TPSA) is 83.8 Å². The number of ketones is 1. The van der Waals surface area contributed by atoms with E-state index in [-0.39, 0.29) is 17.8 Å². The summed E-state index contributed by atoms with van der Waals surface area (Å²) in [5.41, 5.74) is -1.44. The number of para-hydroxylation sites is 1. The van der Waals surface area contributed by atoms with Crippen molar-refractivity contribution in [1.29, 1.82) is 0 Å². The summed E-state index contributed by atoms with van der Waals surface area (Å²) in [6.07, 6.45) is -0.117. The summed E-state index contributed by atoms with van der Waals surface area (Å²) >= 11 is 18.3.